The lowest BCUT2D eigenvalue weighted by Gasteiger charge is -2.29. The Kier molecular flexibility index (Phi) is 7.67. The number of carbonyl (C=O) groups excluding carboxylic acids is 1. The SMILES string of the molecule is COc1ccccc1[C@@H](CNC(=O)c1ccc(S(=O)(=O)N2CCCCC2)cc1)N1CCCC1. The van der Waals surface area contributed by atoms with Crippen molar-refractivity contribution in [2.24, 2.45) is 0 Å². The van der Waals surface area contributed by atoms with E-state index in [4.69, 9.17) is 4.74 Å². The summed E-state index contributed by atoms with van der Waals surface area (Å²) in [5, 5.41) is 3.05. The van der Waals surface area contributed by atoms with Crippen molar-refractivity contribution >= 4 is 15.9 Å². The van der Waals surface area contributed by atoms with Crippen LogP contribution in [-0.4, -0.2) is 63.4 Å². The van der Waals surface area contributed by atoms with Gasteiger partial charge in [0.1, 0.15) is 5.75 Å². The molecule has 4 rings (SSSR count). The lowest BCUT2D eigenvalue weighted by atomic mass is 10.0. The first kappa shape index (κ1) is 23.7. The summed E-state index contributed by atoms with van der Waals surface area (Å²) in [5.74, 6) is 0.604. The number of para-hydroxylation sites is 1. The zero-order chi connectivity index (χ0) is 23.3. The number of amides is 1. The number of nitrogens with one attached hydrogen (secondary N) is 1. The summed E-state index contributed by atoms with van der Waals surface area (Å²) in [4.78, 5) is 15.5. The smallest absolute Gasteiger partial charge is 0.251 e. The standard InChI is InChI=1S/C25H33N3O4S/c1-32-24-10-4-3-9-22(24)23(27-15-7-8-16-27)19-26-25(29)20-11-13-21(14-12-20)33(30,31)28-17-5-2-6-18-28/h3-4,9-14,23H,2,5-8,15-19H2,1H3,(H,26,29)/t23-/m1/s1. The molecular weight excluding hydrogens is 438 g/mol. The van der Waals surface area contributed by atoms with Crippen LogP contribution >= 0.6 is 0 Å². The van der Waals surface area contributed by atoms with E-state index in [0.717, 1.165) is 56.5 Å². The Labute approximate surface area is 196 Å². The first-order chi connectivity index (χ1) is 16.0. The van der Waals surface area contributed by atoms with E-state index in [-0.39, 0.29) is 16.8 Å². The summed E-state index contributed by atoms with van der Waals surface area (Å²) in [7, 11) is -1.84. The maximum absolute atomic E-state index is 12.9. The third-order valence-electron chi connectivity index (χ3n) is 6.60. The first-order valence-corrected chi connectivity index (χ1v) is 13.2. The second-order valence-electron chi connectivity index (χ2n) is 8.70. The number of likely N-dealkylation sites (tertiary alicyclic amines) is 1. The molecule has 33 heavy (non-hydrogen) atoms. The van der Waals surface area contributed by atoms with Crippen molar-refractivity contribution in [1.82, 2.24) is 14.5 Å². The van der Waals surface area contributed by atoms with Gasteiger partial charge in [0, 0.05) is 30.8 Å². The number of benzene rings is 2. The Balaban J connectivity index is 1.45. The Bertz CT molecular complexity index is 1040. The fraction of sp³-hybridized carbons (Fsp3) is 0.480. The van der Waals surface area contributed by atoms with Gasteiger partial charge in [-0.25, -0.2) is 8.42 Å². The minimum atomic E-state index is -3.50. The highest BCUT2D eigenvalue weighted by Crippen LogP contribution is 2.31. The van der Waals surface area contributed by atoms with Crippen molar-refractivity contribution < 1.29 is 17.9 Å². The van der Waals surface area contributed by atoms with Gasteiger partial charge in [0.2, 0.25) is 10.0 Å². The van der Waals surface area contributed by atoms with Crippen LogP contribution in [0, 0.1) is 0 Å². The molecule has 2 aliphatic heterocycles. The van der Waals surface area contributed by atoms with E-state index in [1.165, 1.54) is 12.1 Å². The molecule has 0 radical (unpaired) electrons. The minimum Gasteiger partial charge on any atom is -0.496 e. The van der Waals surface area contributed by atoms with Crippen LogP contribution in [0.15, 0.2) is 53.4 Å². The molecule has 0 bridgehead atoms. The first-order valence-electron chi connectivity index (χ1n) is 11.8. The van der Waals surface area contributed by atoms with Crippen LogP contribution in [0.2, 0.25) is 0 Å². The monoisotopic (exact) mass is 471 g/mol. The summed E-state index contributed by atoms with van der Waals surface area (Å²) in [6.07, 6.45) is 5.14. The molecule has 2 aromatic carbocycles. The molecule has 0 saturated carbocycles. The summed E-state index contributed by atoms with van der Waals surface area (Å²) in [6.45, 7) is 3.55. The fourth-order valence-corrected chi connectivity index (χ4v) is 6.27. The molecule has 0 unspecified atom stereocenters. The number of ether oxygens (including phenoxy) is 1. The highest BCUT2D eigenvalue weighted by atomic mass is 32.2. The summed E-state index contributed by atoms with van der Waals surface area (Å²) in [6, 6.07) is 14.2. The van der Waals surface area contributed by atoms with Crippen LogP contribution in [0.25, 0.3) is 0 Å². The quantitative estimate of drug-likeness (QED) is 0.638. The number of carbonyl (C=O) groups is 1. The average molecular weight is 472 g/mol. The van der Waals surface area contributed by atoms with Gasteiger partial charge < -0.3 is 10.1 Å². The van der Waals surface area contributed by atoms with Crippen LogP contribution in [0.1, 0.15) is 54.1 Å². The molecule has 2 aromatic rings. The van der Waals surface area contributed by atoms with Crippen LogP contribution in [0.5, 0.6) is 5.75 Å². The van der Waals surface area contributed by atoms with Crippen molar-refractivity contribution in [3.8, 4) is 5.75 Å². The average Bonchev–Trinajstić information content (AvgIpc) is 3.39. The van der Waals surface area contributed by atoms with E-state index in [1.54, 1.807) is 23.5 Å². The molecule has 2 heterocycles. The van der Waals surface area contributed by atoms with E-state index in [1.807, 2.05) is 24.3 Å². The van der Waals surface area contributed by atoms with Crippen LogP contribution in [0.4, 0.5) is 0 Å². The molecule has 8 heteroatoms. The molecule has 178 valence electrons. The van der Waals surface area contributed by atoms with Crippen molar-refractivity contribution in [3.05, 3.63) is 59.7 Å². The van der Waals surface area contributed by atoms with Gasteiger partial charge in [-0.15, -0.1) is 0 Å². The topological polar surface area (TPSA) is 78.9 Å². The molecular formula is C25H33N3O4S. The molecule has 1 atom stereocenters. The molecule has 0 aliphatic carbocycles. The Morgan fingerprint density at radius 2 is 1.58 bits per heavy atom. The van der Waals surface area contributed by atoms with Gasteiger partial charge >= 0.3 is 0 Å². The lowest BCUT2D eigenvalue weighted by Crippen LogP contribution is -2.37. The Hall–Kier alpha value is -2.42. The van der Waals surface area contributed by atoms with E-state index < -0.39 is 10.0 Å². The minimum absolute atomic E-state index is 0.0198. The normalized spacial score (nSPS) is 18.7. The third-order valence-corrected chi connectivity index (χ3v) is 8.52. The predicted molar refractivity (Wildman–Crippen MR) is 128 cm³/mol. The molecule has 0 spiro atoms. The number of methoxy groups -OCH3 is 1. The zero-order valence-corrected chi connectivity index (χ0v) is 20.0. The Morgan fingerprint density at radius 1 is 0.939 bits per heavy atom. The number of nitrogens with zero attached hydrogens (tertiary/aromatic N) is 2. The van der Waals surface area contributed by atoms with E-state index >= 15 is 0 Å². The highest BCUT2D eigenvalue weighted by Gasteiger charge is 2.28. The van der Waals surface area contributed by atoms with Gasteiger partial charge in [-0.3, -0.25) is 9.69 Å². The Morgan fingerprint density at radius 3 is 2.24 bits per heavy atom. The maximum Gasteiger partial charge on any atom is 0.251 e. The number of rotatable bonds is 8. The van der Waals surface area contributed by atoms with E-state index in [0.29, 0.717) is 25.2 Å². The van der Waals surface area contributed by atoms with Gasteiger partial charge in [0.25, 0.3) is 5.91 Å². The van der Waals surface area contributed by atoms with Gasteiger partial charge in [-0.2, -0.15) is 4.31 Å². The molecule has 2 fully saturated rings. The molecule has 1 amide bonds. The lowest BCUT2D eigenvalue weighted by molar-refractivity contribution is 0.0937. The molecule has 2 aliphatic rings. The number of piperidine rings is 1. The zero-order valence-electron chi connectivity index (χ0n) is 19.2. The highest BCUT2D eigenvalue weighted by molar-refractivity contribution is 7.89. The van der Waals surface area contributed by atoms with Gasteiger partial charge in [0.05, 0.1) is 18.0 Å². The van der Waals surface area contributed by atoms with Gasteiger partial charge in [-0.1, -0.05) is 24.6 Å². The van der Waals surface area contributed by atoms with Crippen LogP contribution in [0.3, 0.4) is 0 Å². The van der Waals surface area contributed by atoms with Gasteiger partial charge in [-0.05, 0) is 69.1 Å². The predicted octanol–water partition coefficient (Wildman–Crippen LogP) is 3.44. The molecule has 2 saturated heterocycles. The third kappa shape index (κ3) is 5.39. The molecule has 7 nitrogen and oxygen atoms in total. The van der Waals surface area contributed by atoms with Crippen molar-refractivity contribution in [2.45, 2.75) is 43.0 Å². The largest absolute Gasteiger partial charge is 0.496 e. The van der Waals surface area contributed by atoms with Crippen LogP contribution < -0.4 is 10.1 Å². The second kappa shape index (κ2) is 10.7. The number of hydrogen-bond donors (Lipinski definition) is 1. The number of hydrogen-bond acceptors (Lipinski definition) is 5. The molecule has 1 N–H and O–H groups in total. The van der Waals surface area contributed by atoms with E-state index in [2.05, 4.69) is 10.2 Å². The second-order valence-corrected chi connectivity index (χ2v) is 10.6. The summed E-state index contributed by atoms with van der Waals surface area (Å²) < 4.78 is 32.8. The van der Waals surface area contributed by atoms with E-state index in [9.17, 15) is 13.2 Å². The maximum atomic E-state index is 12.9. The van der Waals surface area contributed by atoms with Crippen molar-refractivity contribution in [2.75, 3.05) is 39.8 Å². The van der Waals surface area contributed by atoms with Crippen molar-refractivity contribution in [3.63, 3.8) is 0 Å². The number of sulfonamides is 1. The van der Waals surface area contributed by atoms with Gasteiger partial charge in [0.15, 0.2) is 0 Å². The summed E-state index contributed by atoms with van der Waals surface area (Å²) in [5.41, 5.74) is 1.51. The van der Waals surface area contributed by atoms with Crippen molar-refractivity contribution in [1.29, 1.82) is 0 Å². The summed E-state index contributed by atoms with van der Waals surface area (Å²) >= 11 is 0. The molecule has 0 aromatic heterocycles. The fourth-order valence-electron chi connectivity index (χ4n) is 4.75. The van der Waals surface area contributed by atoms with Crippen LogP contribution in [-0.2, 0) is 10.0 Å².